The SMILES string of the molecule is COC(CNC1CCC(=O)NC1)OC. The minimum atomic E-state index is -0.215. The van der Waals surface area contributed by atoms with Crippen LogP contribution in [0.2, 0.25) is 0 Å². The van der Waals surface area contributed by atoms with Crippen molar-refractivity contribution in [2.75, 3.05) is 27.3 Å². The van der Waals surface area contributed by atoms with E-state index < -0.39 is 0 Å². The molecular weight excluding hydrogens is 184 g/mol. The monoisotopic (exact) mass is 202 g/mol. The molecule has 1 amide bonds. The van der Waals surface area contributed by atoms with Gasteiger partial charge in [0.2, 0.25) is 5.91 Å². The van der Waals surface area contributed by atoms with Gasteiger partial charge in [-0.3, -0.25) is 4.79 Å². The number of nitrogens with one attached hydrogen (secondary N) is 2. The van der Waals surface area contributed by atoms with E-state index in [1.165, 1.54) is 0 Å². The topological polar surface area (TPSA) is 59.6 Å². The zero-order valence-corrected chi connectivity index (χ0v) is 8.71. The van der Waals surface area contributed by atoms with Crippen LogP contribution in [0.4, 0.5) is 0 Å². The smallest absolute Gasteiger partial charge is 0.220 e. The Morgan fingerprint density at radius 3 is 2.79 bits per heavy atom. The third kappa shape index (κ3) is 3.61. The molecule has 1 unspecified atom stereocenters. The molecule has 0 aromatic heterocycles. The highest BCUT2D eigenvalue weighted by atomic mass is 16.7. The van der Waals surface area contributed by atoms with Crippen molar-refractivity contribution in [2.24, 2.45) is 0 Å². The van der Waals surface area contributed by atoms with E-state index in [0.29, 0.717) is 25.6 Å². The summed E-state index contributed by atoms with van der Waals surface area (Å²) in [6, 6.07) is 0.334. The highest BCUT2D eigenvalue weighted by molar-refractivity contribution is 5.76. The van der Waals surface area contributed by atoms with Gasteiger partial charge in [-0.2, -0.15) is 0 Å². The van der Waals surface area contributed by atoms with Gasteiger partial charge in [0.15, 0.2) is 6.29 Å². The van der Waals surface area contributed by atoms with E-state index in [1.54, 1.807) is 14.2 Å². The van der Waals surface area contributed by atoms with Crippen molar-refractivity contribution < 1.29 is 14.3 Å². The minimum Gasteiger partial charge on any atom is -0.355 e. The van der Waals surface area contributed by atoms with Gasteiger partial charge in [0.25, 0.3) is 0 Å². The number of carbonyl (C=O) groups is 1. The quantitative estimate of drug-likeness (QED) is 0.589. The third-order valence-electron chi connectivity index (χ3n) is 2.36. The van der Waals surface area contributed by atoms with Gasteiger partial charge in [-0.15, -0.1) is 0 Å². The Labute approximate surface area is 84.1 Å². The van der Waals surface area contributed by atoms with E-state index >= 15 is 0 Å². The molecule has 1 aliphatic rings. The lowest BCUT2D eigenvalue weighted by Crippen LogP contribution is -2.48. The summed E-state index contributed by atoms with van der Waals surface area (Å²) in [6.07, 6.45) is 1.27. The lowest BCUT2D eigenvalue weighted by atomic mass is 10.1. The Morgan fingerprint density at radius 1 is 1.57 bits per heavy atom. The van der Waals surface area contributed by atoms with E-state index in [4.69, 9.17) is 9.47 Å². The van der Waals surface area contributed by atoms with Crippen molar-refractivity contribution in [3.63, 3.8) is 0 Å². The molecule has 1 fully saturated rings. The highest BCUT2D eigenvalue weighted by Gasteiger charge is 2.18. The van der Waals surface area contributed by atoms with Crippen LogP contribution in [-0.4, -0.2) is 45.5 Å². The van der Waals surface area contributed by atoms with Crippen LogP contribution in [0.25, 0.3) is 0 Å². The largest absolute Gasteiger partial charge is 0.355 e. The van der Waals surface area contributed by atoms with E-state index in [0.717, 1.165) is 6.42 Å². The predicted molar refractivity (Wildman–Crippen MR) is 51.8 cm³/mol. The van der Waals surface area contributed by atoms with Gasteiger partial charge in [-0.25, -0.2) is 0 Å². The Kier molecular flexibility index (Phi) is 4.86. The number of amides is 1. The van der Waals surface area contributed by atoms with Crippen LogP contribution in [-0.2, 0) is 14.3 Å². The summed E-state index contributed by atoms with van der Waals surface area (Å²) in [4.78, 5) is 10.9. The Bertz CT molecular complexity index is 173. The maximum atomic E-state index is 10.9. The predicted octanol–water partition coefficient (Wildman–Crippen LogP) is -0.526. The molecular formula is C9H18N2O3. The number of piperidine rings is 1. The number of ether oxygens (including phenoxy) is 2. The van der Waals surface area contributed by atoms with E-state index in [1.807, 2.05) is 0 Å². The van der Waals surface area contributed by atoms with Crippen LogP contribution < -0.4 is 10.6 Å². The summed E-state index contributed by atoms with van der Waals surface area (Å²) >= 11 is 0. The minimum absolute atomic E-state index is 0.137. The maximum absolute atomic E-state index is 10.9. The van der Waals surface area contributed by atoms with Gasteiger partial charge in [0, 0.05) is 39.8 Å². The second-order valence-electron chi connectivity index (χ2n) is 3.35. The number of hydrogen-bond donors (Lipinski definition) is 2. The number of hydrogen-bond acceptors (Lipinski definition) is 4. The van der Waals surface area contributed by atoms with Gasteiger partial charge < -0.3 is 20.1 Å². The first-order valence-corrected chi connectivity index (χ1v) is 4.82. The van der Waals surface area contributed by atoms with Crippen molar-refractivity contribution >= 4 is 5.91 Å². The van der Waals surface area contributed by atoms with Crippen molar-refractivity contribution in [1.82, 2.24) is 10.6 Å². The molecule has 1 saturated heterocycles. The van der Waals surface area contributed by atoms with Gasteiger partial charge in [-0.1, -0.05) is 0 Å². The maximum Gasteiger partial charge on any atom is 0.220 e. The lowest BCUT2D eigenvalue weighted by Gasteiger charge is -2.25. The van der Waals surface area contributed by atoms with Crippen LogP contribution in [0.5, 0.6) is 0 Å². The van der Waals surface area contributed by atoms with E-state index in [9.17, 15) is 4.79 Å². The van der Waals surface area contributed by atoms with Crippen LogP contribution >= 0.6 is 0 Å². The van der Waals surface area contributed by atoms with Gasteiger partial charge in [0.05, 0.1) is 0 Å². The molecule has 1 heterocycles. The molecule has 14 heavy (non-hydrogen) atoms. The standard InChI is InChI=1S/C9H18N2O3/c1-13-9(14-2)6-10-7-3-4-8(12)11-5-7/h7,9-10H,3-6H2,1-2H3,(H,11,12). The highest BCUT2D eigenvalue weighted by Crippen LogP contribution is 2.02. The van der Waals surface area contributed by atoms with Crippen LogP contribution in [0.1, 0.15) is 12.8 Å². The Morgan fingerprint density at radius 2 is 2.29 bits per heavy atom. The molecule has 2 N–H and O–H groups in total. The lowest BCUT2D eigenvalue weighted by molar-refractivity contribution is -0.122. The Balaban J connectivity index is 2.15. The molecule has 5 heteroatoms. The van der Waals surface area contributed by atoms with Crippen LogP contribution in [0.15, 0.2) is 0 Å². The molecule has 0 saturated carbocycles. The van der Waals surface area contributed by atoms with Crippen molar-refractivity contribution in [1.29, 1.82) is 0 Å². The van der Waals surface area contributed by atoms with E-state index in [-0.39, 0.29) is 12.2 Å². The number of carbonyl (C=O) groups excluding carboxylic acids is 1. The second kappa shape index (κ2) is 5.95. The molecule has 1 rings (SSSR count). The molecule has 82 valence electrons. The summed E-state index contributed by atoms with van der Waals surface area (Å²) in [5.74, 6) is 0.137. The first-order valence-electron chi connectivity index (χ1n) is 4.82. The van der Waals surface area contributed by atoms with Crippen LogP contribution in [0.3, 0.4) is 0 Å². The van der Waals surface area contributed by atoms with Crippen molar-refractivity contribution in [3.8, 4) is 0 Å². The first kappa shape index (κ1) is 11.4. The van der Waals surface area contributed by atoms with Gasteiger partial charge >= 0.3 is 0 Å². The summed E-state index contributed by atoms with van der Waals surface area (Å²) in [7, 11) is 3.22. The fourth-order valence-corrected chi connectivity index (χ4v) is 1.43. The average molecular weight is 202 g/mol. The molecule has 0 aromatic rings. The van der Waals surface area contributed by atoms with E-state index in [2.05, 4.69) is 10.6 Å². The fourth-order valence-electron chi connectivity index (χ4n) is 1.43. The fraction of sp³-hybridized carbons (Fsp3) is 0.889. The molecule has 0 aliphatic carbocycles. The van der Waals surface area contributed by atoms with Gasteiger partial charge in [-0.05, 0) is 6.42 Å². The molecule has 0 aromatic carbocycles. The molecule has 1 aliphatic heterocycles. The molecule has 0 spiro atoms. The van der Waals surface area contributed by atoms with Crippen LogP contribution in [0, 0.1) is 0 Å². The second-order valence-corrected chi connectivity index (χ2v) is 3.35. The molecule has 5 nitrogen and oxygen atoms in total. The van der Waals surface area contributed by atoms with Crippen molar-refractivity contribution in [2.45, 2.75) is 25.2 Å². The average Bonchev–Trinajstić information content (AvgIpc) is 2.22. The van der Waals surface area contributed by atoms with Gasteiger partial charge in [0.1, 0.15) is 0 Å². The summed E-state index contributed by atoms with van der Waals surface area (Å²) in [5, 5.41) is 6.09. The zero-order valence-electron chi connectivity index (χ0n) is 8.71. The summed E-state index contributed by atoms with van der Waals surface area (Å²) in [5.41, 5.74) is 0. The zero-order chi connectivity index (χ0) is 10.4. The summed E-state index contributed by atoms with van der Waals surface area (Å²) < 4.78 is 10.1. The number of rotatable bonds is 5. The molecule has 0 bridgehead atoms. The normalized spacial score (nSPS) is 22.5. The molecule has 1 atom stereocenters. The van der Waals surface area contributed by atoms with Crippen molar-refractivity contribution in [3.05, 3.63) is 0 Å². The first-order chi connectivity index (χ1) is 6.76. The molecule has 0 radical (unpaired) electrons. The number of methoxy groups -OCH3 is 2. The third-order valence-corrected chi connectivity index (χ3v) is 2.36. The summed E-state index contributed by atoms with van der Waals surface area (Å²) in [6.45, 7) is 1.34. The Hall–Kier alpha value is -0.650.